The molecule has 0 bridgehead atoms. The van der Waals surface area contributed by atoms with E-state index in [0.29, 0.717) is 22.9 Å². The zero-order valence-electron chi connectivity index (χ0n) is 13.3. The number of thiophene rings is 1. The van der Waals surface area contributed by atoms with Crippen LogP contribution in [0.3, 0.4) is 0 Å². The van der Waals surface area contributed by atoms with Crippen molar-refractivity contribution < 1.29 is 14.7 Å². The average molecular weight is 364 g/mol. The summed E-state index contributed by atoms with van der Waals surface area (Å²) in [5.74, 6) is -1.37. The number of hydrogen-bond acceptors (Lipinski definition) is 3. The summed E-state index contributed by atoms with van der Waals surface area (Å²) in [4.78, 5) is 27.3. The Balaban J connectivity index is 1.84. The number of piperidine rings is 1. The maximum Gasteiger partial charge on any atom is 0.308 e. The van der Waals surface area contributed by atoms with Gasteiger partial charge in [0.05, 0.1) is 10.8 Å². The van der Waals surface area contributed by atoms with Crippen molar-refractivity contribution in [2.24, 2.45) is 5.92 Å². The Bertz CT molecular complexity index is 786. The van der Waals surface area contributed by atoms with E-state index in [2.05, 4.69) is 0 Å². The number of hydrogen-bond donors (Lipinski definition) is 1. The van der Waals surface area contributed by atoms with Gasteiger partial charge in [0.25, 0.3) is 5.91 Å². The van der Waals surface area contributed by atoms with Gasteiger partial charge in [0.1, 0.15) is 0 Å². The number of carboxylic acid groups (broad SMARTS) is 1. The second-order valence-corrected chi connectivity index (χ2v) is 7.55. The fourth-order valence-corrected chi connectivity index (χ4v) is 4.35. The molecule has 0 spiro atoms. The van der Waals surface area contributed by atoms with Crippen molar-refractivity contribution in [3.05, 3.63) is 45.8 Å². The molecule has 126 valence electrons. The van der Waals surface area contributed by atoms with Crippen LogP contribution in [-0.4, -0.2) is 35.0 Å². The van der Waals surface area contributed by atoms with Gasteiger partial charge in [-0.3, -0.25) is 9.59 Å². The van der Waals surface area contributed by atoms with Crippen LogP contribution in [0.1, 0.15) is 28.1 Å². The molecule has 2 aromatic rings. The Kier molecular flexibility index (Phi) is 4.92. The molecule has 3 rings (SSSR count). The Morgan fingerprint density at radius 1 is 1.33 bits per heavy atom. The smallest absolute Gasteiger partial charge is 0.308 e. The Morgan fingerprint density at radius 3 is 2.83 bits per heavy atom. The predicted octanol–water partition coefficient (Wildman–Crippen LogP) is 4.31. The molecule has 1 aromatic heterocycles. The molecule has 1 fully saturated rings. The molecular formula is C18H18ClNO3S. The third kappa shape index (κ3) is 3.47. The highest BCUT2D eigenvalue weighted by Crippen LogP contribution is 2.34. The zero-order chi connectivity index (χ0) is 17.3. The first-order valence-corrected chi connectivity index (χ1v) is 9.03. The number of benzene rings is 1. The molecule has 0 aliphatic carbocycles. The highest BCUT2D eigenvalue weighted by molar-refractivity contribution is 7.17. The average Bonchev–Trinajstić information content (AvgIpc) is 2.96. The molecule has 1 atom stereocenters. The summed E-state index contributed by atoms with van der Waals surface area (Å²) in [5.41, 5.74) is 2.02. The van der Waals surface area contributed by atoms with E-state index >= 15 is 0 Å². The fraction of sp³-hybridized carbons (Fsp3) is 0.333. The predicted molar refractivity (Wildman–Crippen MR) is 95.8 cm³/mol. The topological polar surface area (TPSA) is 57.6 Å². The van der Waals surface area contributed by atoms with E-state index in [1.165, 1.54) is 11.3 Å². The van der Waals surface area contributed by atoms with Crippen LogP contribution in [-0.2, 0) is 4.79 Å². The van der Waals surface area contributed by atoms with E-state index in [4.69, 9.17) is 11.6 Å². The molecule has 0 radical (unpaired) electrons. The van der Waals surface area contributed by atoms with E-state index in [0.717, 1.165) is 22.4 Å². The Morgan fingerprint density at radius 2 is 2.12 bits per heavy atom. The van der Waals surface area contributed by atoms with Gasteiger partial charge >= 0.3 is 5.97 Å². The third-order valence-corrected chi connectivity index (χ3v) is 5.78. The number of amides is 1. The summed E-state index contributed by atoms with van der Waals surface area (Å²) >= 11 is 7.49. The summed E-state index contributed by atoms with van der Waals surface area (Å²) in [5, 5.41) is 9.84. The van der Waals surface area contributed by atoms with Gasteiger partial charge in [-0.1, -0.05) is 23.7 Å². The minimum absolute atomic E-state index is 0.0812. The largest absolute Gasteiger partial charge is 0.481 e. The van der Waals surface area contributed by atoms with Gasteiger partial charge < -0.3 is 10.0 Å². The Labute approximate surface area is 149 Å². The number of carbonyl (C=O) groups excluding carboxylic acids is 1. The van der Waals surface area contributed by atoms with Crippen molar-refractivity contribution >= 4 is 34.8 Å². The number of likely N-dealkylation sites (tertiary alicyclic amines) is 1. The second-order valence-electron chi connectivity index (χ2n) is 6.06. The van der Waals surface area contributed by atoms with E-state index in [9.17, 15) is 14.7 Å². The first-order chi connectivity index (χ1) is 11.5. The van der Waals surface area contributed by atoms with E-state index in [1.54, 1.807) is 4.90 Å². The lowest BCUT2D eigenvalue weighted by atomic mass is 9.98. The molecule has 6 heteroatoms. The van der Waals surface area contributed by atoms with Gasteiger partial charge in [0, 0.05) is 23.0 Å². The third-order valence-electron chi connectivity index (χ3n) is 4.27. The SMILES string of the molecule is Cc1cc(C(=O)N2CCC[C@H](C(=O)O)C2)sc1-c1cccc(Cl)c1. The number of carbonyl (C=O) groups is 2. The maximum absolute atomic E-state index is 12.7. The van der Waals surface area contributed by atoms with Crippen LogP contribution in [0.4, 0.5) is 0 Å². The molecule has 0 saturated carbocycles. The van der Waals surface area contributed by atoms with Crippen LogP contribution in [0.5, 0.6) is 0 Å². The number of carboxylic acids is 1. The van der Waals surface area contributed by atoms with Gasteiger partial charge in [-0.05, 0) is 49.1 Å². The first kappa shape index (κ1) is 17.0. The number of aliphatic carboxylic acids is 1. The number of rotatable bonds is 3. The van der Waals surface area contributed by atoms with E-state index in [1.807, 2.05) is 37.3 Å². The lowest BCUT2D eigenvalue weighted by molar-refractivity contribution is -0.143. The highest BCUT2D eigenvalue weighted by atomic mass is 35.5. The molecule has 1 saturated heterocycles. The van der Waals surface area contributed by atoms with Crippen LogP contribution in [0.2, 0.25) is 5.02 Å². The standard InChI is InChI=1S/C18H18ClNO3S/c1-11-8-15(24-16(11)12-4-2-6-14(19)9-12)17(21)20-7-3-5-13(10-20)18(22)23/h2,4,6,8-9,13H,3,5,7,10H2,1H3,(H,22,23)/t13-/m0/s1. The van der Waals surface area contributed by atoms with Gasteiger partial charge in [-0.15, -0.1) is 11.3 Å². The molecule has 24 heavy (non-hydrogen) atoms. The van der Waals surface area contributed by atoms with Gasteiger partial charge in [-0.2, -0.15) is 0 Å². The molecular weight excluding hydrogens is 346 g/mol. The molecule has 4 nitrogen and oxygen atoms in total. The van der Waals surface area contributed by atoms with E-state index < -0.39 is 11.9 Å². The summed E-state index contributed by atoms with van der Waals surface area (Å²) in [6.45, 7) is 2.88. The normalized spacial score (nSPS) is 17.8. The number of halogens is 1. The molecule has 1 amide bonds. The van der Waals surface area contributed by atoms with Gasteiger partial charge in [0.15, 0.2) is 0 Å². The van der Waals surface area contributed by atoms with Crippen LogP contribution in [0, 0.1) is 12.8 Å². The van der Waals surface area contributed by atoms with Crippen molar-refractivity contribution in [1.82, 2.24) is 4.90 Å². The monoisotopic (exact) mass is 363 g/mol. The van der Waals surface area contributed by atoms with Crippen molar-refractivity contribution in [3.63, 3.8) is 0 Å². The highest BCUT2D eigenvalue weighted by Gasteiger charge is 2.29. The van der Waals surface area contributed by atoms with Crippen LogP contribution in [0.15, 0.2) is 30.3 Å². The lowest BCUT2D eigenvalue weighted by Crippen LogP contribution is -2.42. The van der Waals surface area contributed by atoms with E-state index in [-0.39, 0.29) is 12.5 Å². The minimum atomic E-state index is -0.825. The molecule has 1 N–H and O–H groups in total. The van der Waals surface area contributed by atoms with Crippen molar-refractivity contribution in [1.29, 1.82) is 0 Å². The summed E-state index contributed by atoms with van der Waals surface area (Å²) in [6.07, 6.45) is 1.37. The molecule has 0 unspecified atom stereocenters. The fourth-order valence-electron chi connectivity index (χ4n) is 3.02. The Hall–Kier alpha value is -1.85. The van der Waals surface area contributed by atoms with Crippen LogP contribution < -0.4 is 0 Å². The molecule has 1 aromatic carbocycles. The second kappa shape index (κ2) is 6.95. The van der Waals surface area contributed by atoms with Crippen LogP contribution in [0.25, 0.3) is 10.4 Å². The summed E-state index contributed by atoms with van der Waals surface area (Å²) < 4.78 is 0. The van der Waals surface area contributed by atoms with Gasteiger partial charge in [0.2, 0.25) is 0 Å². The number of nitrogens with zero attached hydrogens (tertiary/aromatic N) is 1. The van der Waals surface area contributed by atoms with Crippen LogP contribution >= 0.6 is 22.9 Å². The van der Waals surface area contributed by atoms with Crippen molar-refractivity contribution in [2.45, 2.75) is 19.8 Å². The first-order valence-electron chi connectivity index (χ1n) is 7.84. The number of aryl methyl sites for hydroxylation is 1. The summed E-state index contributed by atoms with van der Waals surface area (Å²) in [7, 11) is 0. The molecule has 1 aliphatic heterocycles. The zero-order valence-corrected chi connectivity index (χ0v) is 14.9. The maximum atomic E-state index is 12.7. The lowest BCUT2D eigenvalue weighted by Gasteiger charge is -2.30. The molecule has 1 aliphatic rings. The quantitative estimate of drug-likeness (QED) is 0.883. The van der Waals surface area contributed by atoms with Gasteiger partial charge in [-0.25, -0.2) is 0 Å². The minimum Gasteiger partial charge on any atom is -0.481 e. The molecule has 2 heterocycles. The van der Waals surface area contributed by atoms with Crippen molar-refractivity contribution in [3.8, 4) is 10.4 Å². The summed E-state index contributed by atoms with van der Waals surface area (Å²) in [6, 6.07) is 9.45. The van der Waals surface area contributed by atoms with Crippen molar-refractivity contribution in [2.75, 3.05) is 13.1 Å².